The third-order valence-corrected chi connectivity index (χ3v) is 2.88. The fourth-order valence-corrected chi connectivity index (χ4v) is 2.36. The van der Waals surface area contributed by atoms with Crippen LogP contribution in [0.25, 0.3) is 0 Å². The number of nitrogens with zero attached hydrogens (tertiary/aromatic N) is 1. The highest BCUT2D eigenvalue weighted by Crippen LogP contribution is 2.13. The van der Waals surface area contributed by atoms with Gasteiger partial charge >= 0.3 is 0 Å². The van der Waals surface area contributed by atoms with E-state index in [1.54, 1.807) is 12.3 Å². The Morgan fingerprint density at radius 2 is 2.00 bits per heavy atom. The van der Waals surface area contributed by atoms with Gasteiger partial charge in [-0.2, -0.15) is 0 Å². The molecule has 0 spiro atoms. The number of hydrogen-bond donors (Lipinski definition) is 0. The molecule has 84 valence electrons. The highest BCUT2D eigenvalue weighted by molar-refractivity contribution is 9.11. The highest BCUT2D eigenvalue weighted by Gasteiger charge is 2.09. The third-order valence-electron chi connectivity index (χ3n) is 1.88. The van der Waals surface area contributed by atoms with Gasteiger partial charge in [0.05, 0.1) is 11.0 Å². The van der Waals surface area contributed by atoms with Gasteiger partial charge in [0.25, 0.3) is 5.56 Å². The van der Waals surface area contributed by atoms with Gasteiger partial charge in [0.1, 0.15) is 0 Å². The van der Waals surface area contributed by atoms with Gasteiger partial charge in [0, 0.05) is 24.9 Å². The first-order chi connectivity index (χ1) is 7.08. The minimum Gasteiger partial charge on any atom is -0.354 e. The second-order valence-electron chi connectivity index (χ2n) is 2.86. The summed E-state index contributed by atoms with van der Waals surface area (Å²) >= 11 is 6.50. The van der Waals surface area contributed by atoms with E-state index in [-0.39, 0.29) is 5.56 Å². The quantitative estimate of drug-likeness (QED) is 0.787. The monoisotopic (exact) mass is 339 g/mol. The second kappa shape index (κ2) is 5.79. The molecular weight excluding hydrogens is 330 g/mol. The standard InChI is InChI=1S/C9H11Br2NO3/c1-14-8(15-2)5-12-4-6(10)3-7(11)9(12)13/h3-4,8H,5H2,1-2H3. The summed E-state index contributed by atoms with van der Waals surface area (Å²) in [5.41, 5.74) is -0.114. The lowest BCUT2D eigenvalue weighted by atomic mass is 10.4. The van der Waals surface area contributed by atoms with E-state index < -0.39 is 6.29 Å². The molecule has 0 unspecified atom stereocenters. The van der Waals surface area contributed by atoms with Gasteiger partial charge in [0.2, 0.25) is 0 Å². The average Bonchev–Trinajstić information content (AvgIpc) is 2.21. The molecule has 0 saturated carbocycles. The maximum Gasteiger partial charge on any atom is 0.265 e. The molecule has 1 rings (SSSR count). The van der Waals surface area contributed by atoms with E-state index >= 15 is 0 Å². The Balaban J connectivity index is 2.99. The third kappa shape index (κ3) is 3.41. The molecule has 4 nitrogen and oxygen atoms in total. The summed E-state index contributed by atoms with van der Waals surface area (Å²) in [6.07, 6.45) is 1.27. The average molecular weight is 341 g/mol. The fourth-order valence-electron chi connectivity index (χ4n) is 1.11. The number of methoxy groups -OCH3 is 2. The molecule has 0 saturated heterocycles. The van der Waals surface area contributed by atoms with Crippen molar-refractivity contribution in [1.29, 1.82) is 0 Å². The SMILES string of the molecule is COC(Cn1cc(Br)cc(Br)c1=O)OC. The van der Waals surface area contributed by atoms with E-state index in [0.29, 0.717) is 11.0 Å². The first kappa shape index (κ1) is 12.9. The van der Waals surface area contributed by atoms with Crippen LogP contribution >= 0.6 is 31.9 Å². The molecule has 0 amide bonds. The molecule has 0 aliphatic heterocycles. The van der Waals surface area contributed by atoms with Crippen LogP contribution in [0.3, 0.4) is 0 Å². The molecule has 0 N–H and O–H groups in total. The van der Waals surface area contributed by atoms with E-state index in [1.807, 2.05) is 0 Å². The van der Waals surface area contributed by atoms with Gasteiger partial charge in [-0.3, -0.25) is 4.79 Å². The van der Waals surface area contributed by atoms with Gasteiger partial charge in [0.15, 0.2) is 6.29 Å². The Kier molecular flexibility index (Phi) is 4.98. The van der Waals surface area contributed by atoms with Crippen molar-refractivity contribution in [2.24, 2.45) is 0 Å². The van der Waals surface area contributed by atoms with Gasteiger partial charge in [-0.1, -0.05) is 0 Å². The highest BCUT2D eigenvalue weighted by atomic mass is 79.9. The summed E-state index contributed by atoms with van der Waals surface area (Å²) in [4.78, 5) is 11.7. The predicted octanol–water partition coefficient (Wildman–Crippen LogP) is 1.99. The fraction of sp³-hybridized carbons (Fsp3) is 0.444. The van der Waals surface area contributed by atoms with Gasteiger partial charge < -0.3 is 14.0 Å². The van der Waals surface area contributed by atoms with Gasteiger partial charge in [-0.25, -0.2) is 0 Å². The first-order valence-corrected chi connectivity index (χ1v) is 5.78. The molecule has 0 aliphatic rings. The van der Waals surface area contributed by atoms with Crippen LogP contribution in [-0.4, -0.2) is 25.1 Å². The van der Waals surface area contributed by atoms with Crippen LogP contribution in [-0.2, 0) is 16.0 Å². The Hall–Kier alpha value is -0.170. The molecule has 0 aliphatic carbocycles. The van der Waals surface area contributed by atoms with Crippen LogP contribution < -0.4 is 5.56 Å². The van der Waals surface area contributed by atoms with Crippen LogP contribution in [0.2, 0.25) is 0 Å². The lowest BCUT2D eigenvalue weighted by Gasteiger charge is -2.15. The lowest BCUT2D eigenvalue weighted by molar-refractivity contribution is -0.111. The van der Waals surface area contributed by atoms with Crippen molar-refractivity contribution in [3.63, 3.8) is 0 Å². The minimum atomic E-state index is -0.427. The Labute approximate surface area is 104 Å². The van der Waals surface area contributed by atoms with Crippen molar-refractivity contribution in [3.8, 4) is 0 Å². The molecule has 0 radical (unpaired) electrons. The summed E-state index contributed by atoms with van der Waals surface area (Å²) in [5.74, 6) is 0. The summed E-state index contributed by atoms with van der Waals surface area (Å²) in [6, 6.07) is 1.70. The summed E-state index contributed by atoms with van der Waals surface area (Å²) in [6.45, 7) is 0.351. The van der Waals surface area contributed by atoms with E-state index in [9.17, 15) is 4.79 Å². The van der Waals surface area contributed by atoms with Crippen molar-refractivity contribution in [1.82, 2.24) is 4.57 Å². The zero-order valence-corrected chi connectivity index (χ0v) is 11.5. The van der Waals surface area contributed by atoms with Crippen LogP contribution in [0.1, 0.15) is 0 Å². The molecule has 1 aromatic rings. The Bertz CT molecular complexity index is 387. The van der Waals surface area contributed by atoms with Crippen LogP contribution in [0.5, 0.6) is 0 Å². The van der Waals surface area contributed by atoms with E-state index in [1.165, 1.54) is 18.8 Å². The second-order valence-corrected chi connectivity index (χ2v) is 4.63. The smallest absolute Gasteiger partial charge is 0.265 e. The van der Waals surface area contributed by atoms with Crippen LogP contribution in [0.4, 0.5) is 0 Å². The normalized spacial score (nSPS) is 11.0. The van der Waals surface area contributed by atoms with Crippen molar-refractivity contribution >= 4 is 31.9 Å². The summed E-state index contributed by atoms with van der Waals surface area (Å²) in [7, 11) is 3.07. The molecule has 1 heterocycles. The number of hydrogen-bond acceptors (Lipinski definition) is 3. The number of pyridine rings is 1. The van der Waals surface area contributed by atoms with E-state index in [2.05, 4.69) is 31.9 Å². The molecule has 0 fully saturated rings. The molecule has 0 bridgehead atoms. The van der Waals surface area contributed by atoms with Gasteiger partial charge in [-0.05, 0) is 37.9 Å². The molecule has 6 heteroatoms. The van der Waals surface area contributed by atoms with E-state index in [4.69, 9.17) is 9.47 Å². The molecule has 0 aromatic carbocycles. The molecule has 15 heavy (non-hydrogen) atoms. The summed E-state index contributed by atoms with van der Waals surface area (Å²) < 4.78 is 12.9. The number of ether oxygens (including phenoxy) is 2. The van der Waals surface area contributed by atoms with Crippen LogP contribution in [0.15, 0.2) is 26.0 Å². The Morgan fingerprint density at radius 1 is 1.40 bits per heavy atom. The largest absolute Gasteiger partial charge is 0.354 e. The van der Waals surface area contributed by atoms with E-state index in [0.717, 1.165) is 4.47 Å². The number of halogens is 2. The van der Waals surface area contributed by atoms with Gasteiger partial charge in [-0.15, -0.1) is 0 Å². The van der Waals surface area contributed by atoms with Crippen molar-refractivity contribution in [2.45, 2.75) is 12.8 Å². The van der Waals surface area contributed by atoms with Crippen LogP contribution in [0, 0.1) is 0 Å². The predicted molar refractivity (Wildman–Crippen MR) is 63.9 cm³/mol. The minimum absolute atomic E-state index is 0.114. The van der Waals surface area contributed by atoms with Crippen molar-refractivity contribution in [2.75, 3.05) is 14.2 Å². The lowest BCUT2D eigenvalue weighted by Crippen LogP contribution is -2.28. The molecular formula is C9H11Br2NO3. The number of rotatable bonds is 4. The van der Waals surface area contributed by atoms with Crippen molar-refractivity contribution in [3.05, 3.63) is 31.6 Å². The zero-order chi connectivity index (χ0) is 11.4. The molecule has 0 atom stereocenters. The maximum absolute atomic E-state index is 11.7. The molecule has 1 aromatic heterocycles. The summed E-state index contributed by atoms with van der Waals surface area (Å²) in [5, 5.41) is 0. The maximum atomic E-state index is 11.7. The Morgan fingerprint density at radius 3 is 2.53 bits per heavy atom. The first-order valence-electron chi connectivity index (χ1n) is 4.19. The van der Waals surface area contributed by atoms with Crippen molar-refractivity contribution < 1.29 is 9.47 Å². The topological polar surface area (TPSA) is 40.5 Å². The zero-order valence-electron chi connectivity index (χ0n) is 8.37. The number of aromatic nitrogens is 1.